The monoisotopic (exact) mass is 862 g/mol. The summed E-state index contributed by atoms with van der Waals surface area (Å²) in [6.45, 7) is 0.269. The topological polar surface area (TPSA) is 0 Å². The Morgan fingerprint density at radius 3 is 0.481 bits per heavy atom. The van der Waals surface area contributed by atoms with Crippen molar-refractivity contribution in [1.82, 2.24) is 0 Å². The smallest absolute Gasteiger partial charge is 0.200 e. The van der Waals surface area contributed by atoms with Crippen LogP contribution in [0.2, 0.25) is 0 Å². The predicted molar refractivity (Wildman–Crippen MR) is 95.2 cm³/mol. The summed E-state index contributed by atoms with van der Waals surface area (Å²) < 4.78 is 443. The Kier molecular flexibility index (Phi) is 11.6. The molecule has 0 rings (SSSR count). The summed E-state index contributed by atoms with van der Waals surface area (Å²) >= 11 is 0. The minimum atomic E-state index is -10.2. The highest BCUT2D eigenvalue weighted by atomic mass is 19.4. The molecule has 52 heavy (non-hydrogen) atoms. The third kappa shape index (κ3) is 5.56. The zero-order valence-corrected chi connectivity index (χ0v) is 22.9. The molecule has 0 heterocycles. The van der Waals surface area contributed by atoms with E-state index < -0.39 is 108 Å². The minimum absolute atomic E-state index is 0.269. The van der Waals surface area contributed by atoms with Crippen LogP contribution in [0.15, 0.2) is 0 Å². The Labute approximate surface area is 261 Å². The Balaban J connectivity index is 7.71. The molecule has 0 aliphatic carbocycles. The van der Waals surface area contributed by atoms with Gasteiger partial charge in [0.25, 0.3) is 0 Å². The second-order valence-corrected chi connectivity index (χ2v) is 9.99. The zero-order chi connectivity index (χ0) is 43.4. The van der Waals surface area contributed by atoms with Crippen LogP contribution in [0.1, 0.15) is 19.8 Å². The van der Waals surface area contributed by atoms with Gasteiger partial charge in [-0.1, -0.05) is 13.3 Å². The highest BCUT2D eigenvalue weighted by Crippen LogP contribution is 2.70. The van der Waals surface area contributed by atoms with Crippen molar-refractivity contribution in [2.24, 2.45) is 0 Å². The Morgan fingerprint density at radius 2 is 0.346 bits per heavy atom. The van der Waals surface area contributed by atoms with Crippen molar-refractivity contribution in [2.45, 2.75) is 115 Å². The van der Waals surface area contributed by atoms with Gasteiger partial charge in [-0.15, -0.1) is 0 Å². The van der Waals surface area contributed by atoms with Gasteiger partial charge < -0.3 is 0 Å². The molecule has 314 valence electrons. The van der Waals surface area contributed by atoms with Crippen molar-refractivity contribution < 1.29 is 145 Å². The lowest BCUT2D eigenvalue weighted by Gasteiger charge is -2.47. The van der Waals surface area contributed by atoms with Crippen LogP contribution in [0.25, 0.3) is 0 Å². The molecule has 0 saturated heterocycles. The van der Waals surface area contributed by atoms with Gasteiger partial charge in [0.1, 0.15) is 0 Å². The van der Waals surface area contributed by atoms with Crippen LogP contribution < -0.4 is 0 Å². The molecule has 0 aromatic rings. The highest BCUT2D eigenvalue weighted by molar-refractivity contribution is 5.22. The summed E-state index contributed by atoms with van der Waals surface area (Å²) in [4.78, 5) is 0. The van der Waals surface area contributed by atoms with Crippen LogP contribution in [0.4, 0.5) is 145 Å². The summed E-state index contributed by atoms with van der Waals surface area (Å²) in [5, 5.41) is 0. The highest BCUT2D eigenvalue weighted by Gasteiger charge is 3.01. The normalized spacial score (nSPS) is 17.2. The van der Waals surface area contributed by atoms with Gasteiger partial charge in [-0.3, -0.25) is 0 Å². The molecule has 33 heteroatoms. The maximum Gasteiger partial charge on any atom is 0.460 e. The second-order valence-electron chi connectivity index (χ2n) is 9.99. The minimum Gasteiger partial charge on any atom is -0.200 e. The predicted octanol–water partition coefficient (Wildman–Crippen LogP) is 11.9. The van der Waals surface area contributed by atoms with Crippen molar-refractivity contribution in [3.8, 4) is 0 Å². The molecule has 0 amide bonds. The third-order valence-electron chi connectivity index (χ3n) is 6.51. The SMILES string of the molecule is CCCC(F)(F)C(F)(F)C(F)(F)C(F)(F)C(F)(F)C(F)(F)C(F)(F)C(F)(F)C(F)(F)C(F)(F)C(F)(F)C(F)(F)C(F)(F)C(F)(F)C(F)(F)C(F)(F)F. The van der Waals surface area contributed by atoms with E-state index >= 15 is 0 Å². The van der Waals surface area contributed by atoms with E-state index in [1.54, 1.807) is 0 Å². The lowest BCUT2D eigenvalue weighted by Crippen LogP contribution is -2.79. The maximum atomic E-state index is 13.8. The van der Waals surface area contributed by atoms with Crippen LogP contribution in [0.3, 0.4) is 0 Å². The number of alkyl halides is 33. The van der Waals surface area contributed by atoms with Crippen LogP contribution in [-0.2, 0) is 0 Å². The van der Waals surface area contributed by atoms with Gasteiger partial charge in [0.2, 0.25) is 0 Å². The molecule has 0 unspecified atom stereocenters. The van der Waals surface area contributed by atoms with E-state index in [2.05, 4.69) is 0 Å². The second kappa shape index (κ2) is 12.1. The fraction of sp³-hybridized carbons (Fsp3) is 1.00. The molecule has 0 nitrogen and oxygen atoms in total. The van der Waals surface area contributed by atoms with E-state index in [1.807, 2.05) is 0 Å². The summed E-state index contributed by atoms with van der Waals surface area (Å²) in [7, 11) is 0. The summed E-state index contributed by atoms with van der Waals surface area (Å²) in [5.41, 5.74) is 0. The van der Waals surface area contributed by atoms with E-state index in [1.165, 1.54) is 0 Å². The standard InChI is InChI=1S/C19H7F33/c1-2-3-4(20,21)5(22,23)6(24,25)7(26,27)8(28,29)9(30,31)10(32,33)11(34,35)12(36,37)13(38,39)14(40,41)15(42,43)16(44,45)17(46,47)18(48,49)19(50,51)52/h2-3H2,1H3. The molecule has 0 aromatic heterocycles. The quantitative estimate of drug-likeness (QED) is 0.136. The van der Waals surface area contributed by atoms with Gasteiger partial charge in [-0.25, -0.2) is 0 Å². The molecule has 0 spiro atoms. The average molecular weight is 862 g/mol. The van der Waals surface area contributed by atoms with E-state index in [0.29, 0.717) is 0 Å². The fourth-order valence-corrected chi connectivity index (χ4v) is 3.24. The van der Waals surface area contributed by atoms with Crippen molar-refractivity contribution >= 4 is 0 Å². The molecule has 0 aliphatic rings. The van der Waals surface area contributed by atoms with E-state index in [4.69, 9.17) is 0 Å². The van der Waals surface area contributed by atoms with Gasteiger partial charge in [0.15, 0.2) is 0 Å². The first kappa shape index (κ1) is 49.7. The van der Waals surface area contributed by atoms with E-state index in [0.717, 1.165) is 0 Å². The molecular weight excluding hydrogens is 855 g/mol. The number of rotatable bonds is 16. The van der Waals surface area contributed by atoms with Crippen LogP contribution in [-0.4, -0.2) is 95.0 Å². The number of hydrogen-bond acceptors (Lipinski definition) is 0. The summed E-state index contributed by atoms with van der Waals surface area (Å²) in [5.74, 6) is -142. The van der Waals surface area contributed by atoms with Crippen LogP contribution in [0, 0.1) is 0 Å². The molecule has 0 fully saturated rings. The van der Waals surface area contributed by atoms with E-state index in [9.17, 15) is 145 Å². The number of halogens is 33. The molecule has 0 radical (unpaired) electrons. The first-order valence-corrected chi connectivity index (χ1v) is 11.5. The van der Waals surface area contributed by atoms with Crippen LogP contribution in [0.5, 0.6) is 0 Å². The zero-order valence-electron chi connectivity index (χ0n) is 22.9. The molecule has 0 atom stereocenters. The molecule has 0 bridgehead atoms. The Bertz CT molecular complexity index is 1280. The van der Waals surface area contributed by atoms with Gasteiger partial charge >= 0.3 is 95.0 Å². The average Bonchev–Trinajstić information content (AvgIpc) is 2.90. The Hall–Kier alpha value is -2.31. The first-order valence-electron chi connectivity index (χ1n) is 11.5. The molecular formula is C19H7F33. The number of hydrogen-bond donors (Lipinski definition) is 0. The van der Waals surface area contributed by atoms with E-state index in [-0.39, 0.29) is 6.92 Å². The van der Waals surface area contributed by atoms with Crippen molar-refractivity contribution in [2.75, 3.05) is 0 Å². The third-order valence-corrected chi connectivity index (χ3v) is 6.51. The van der Waals surface area contributed by atoms with Gasteiger partial charge in [0, 0.05) is 6.42 Å². The molecule has 0 N–H and O–H groups in total. The van der Waals surface area contributed by atoms with Gasteiger partial charge in [0.05, 0.1) is 0 Å². The van der Waals surface area contributed by atoms with Crippen molar-refractivity contribution in [1.29, 1.82) is 0 Å². The van der Waals surface area contributed by atoms with Crippen molar-refractivity contribution in [3.63, 3.8) is 0 Å². The summed E-state index contributed by atoms with van der Waals surface area (Å²) in [6, 6.07) is 0. The largest absolute Gasteiger partial charge is 0.460 e. The fourth-order valence-electron chi connectivity index (χ4n) is 3.24. The first-order chi connectivity index (χ1) is 21.8. The van der Waals surface area contributed by atoms with Gasteiger partial charge in [-0.05, 0) is 0 Å². The van der Waals surface area contributed by atoms with Gasteiger partial charge in [-0.2, -0.15) is 145 Å². The molecule has 0 aromatic carbocycles. The summed E-state index contributed by atoms with van der Waals surface area (Å²) in [6.07, 6.45) is -12.8. The Morgan fingerprint density at radius 1 is 0.212 bits per heavy atom. The maximum absolute atomic E-state index is 13.8. The van der Waals surface area contributed by atoms with Crippen molar-refractivity contribution in [3.05, 3.63) is 0 Å². The lowest BCUT2D eigenvalue weighted by molar-refractivity contribution is -0.491. The lowest BCUT2D eigenvalue weighted by atomic mass is 9.82. The van der Waals surface area contributed by atoms with Crippen LogP contribution >= 0.6 is 0 Å². The molecule has 0 aliphatic heterocycles. The molecule has 0 saturated carbocycles.